The zero-order chi connectivity index (χ0) is 28.1. The highest BCUT2D eigenvalue weighted by atomic mass is 32.2. The van der Waals surface area contributed by atoms with E-state index in [0.29, 0.717) is 34.7 Å². The molecule has 200 valence electrons. The van der Waals surface area contributed by atoms with Crippen LogP contribution in [0.1, 0.15) is 26.3 Å². The number of alkyl halides is 2. The highest BCUT2D eigenvalue weighted by molar-refractivity contribution is 7.92. The maximum Gasteiger partial charge on any atom is 0.374 e. The fourth-order valence-corrected chi connectivity index (χ4v) is 5.74. The summed E-state index contributed by atoms with van der Waals surface area (Å²) in [4.78, 5) is 7.61. The van der Waals surface area contributed by atoms with Gasteiger partial charge in [0.25, 0.3) is 0 Å². The Morgan fingerprint density at radius 3 is 2.24 bits per heavy atom. The van der Waals surface area contributed by atoms with E-state index in [1.807, 2.05) is 6.07 Å². The fourth-order valence-electron chi connectivity index (χ4n) is 3.95. The van der Waals surface area contributed by atoms with Crippen LogP contribution >= 0.6 is 0 Å². The third-order valence-electron chi connectivity index (χ3n) is 6.70. The molecule has 0 aliphatic heterocycles. The van der Waals surface area contributed by atoms with Crippen molar-refractivity contribution in [2.75, 3.05) is 6.26 Å². The molecule has 2 heterocycles. The smallest absolute Gasteiger partial charge is 0.374 e. The first-order chi connectivity index (χ1) is 17.6. The van der Waals surface area contributed by atoms with Crippen molar-refractivity contribution in [1.82, 2.24) is 9.97 Å². The molecule has 38 heavy (non-hydrogen) atoms. The Morgan fingerprint density at radius 1 is 0.895 bits per heavy atom. The van der Waals surface area contributed by atoms with Crippen LogP contribution in [0.3, 0.4) is 0 Å². The molecule has 1 atom stereocenters. The van der Waals surface area contributed by atoms with Crippen LogP contribution in [0.5, 0.6) is 0 Å². The second kappa shape index (κ2) is 9.48. The summed E-state index contributed by atoms with van der Waals surface area (Å²) >= 11 is 0. The first-order valence-electron chi connectivity index (χ1n) is 11.5. The lowest BCUT2D eigenvalue weighted by Gasteiger charge is -2.24. The minimum absolute atomic E-state index is 0.263. The zero-order valence-corrected chi connectivity index (χ0v) is 22.7. The number of halogens is 2. The molecule has 0 bridgehead atoms. The number of aliphatic hydroxyl groups excluding tert-OH is 1. The van der Waals surface area contributed by atoms with Gasteiger partial charge in [-0.3, -0.25) is 9.97 Å². The van der Waals surface area contributed by atoms with Crippen molar-refractivity contribution < 1.29 is 30.7 Å². The number of hydrogen-bond donors (Lipinski definition) is 1. The molecule has 0 radical (unpaired) electrons. The Morgan fingerprint density at radius 2 is 1.58 bits per heavy atom. The molecule has 0 saturated carbocycles. The van der Waals surface area contributed by atoms with Crippen LogP contribution in [0.15, 0.2) is 78.1 Å². The van der Waals surface area contributed by atoms with Gasteiger partial charge >= 0.3 is 5.25 Å². The first-order valence-corrected chi connectivity index (χ1v) is 14.9. The molecule has 2 aromatic carbocycles. The second-order valence-electron chi connectivity index (χ2n) is 9.61. The monoisotopic (exact) mass is 560 g/mol. The summed E-state index contributed by atoms with van der Waals surface area (Å²) in [5.74, 6) is 0. The zero-order valence-electron chi connectivity index (χ0n) is 21.1. The van der Waals surface area contributed by atoms with Gasteiger partial charge in [-0.2, -0.15) is 8.78 Å². The van der Waals surface area contributed by atoms with E-state index >= 15 is 0 Å². The van der Waals surface area contributed by atoms with Crippen LogP contribution in [0.2, 0.25) is 0 Å². The molecular weight excluding hydrogens is 534 g/mol. The predicted octanol–water partition coefficient (Wildman–Crippen LogP) is 4.99. The Balaban J connectivity index is 1.89. The average molecular weight is 561 g/mol. The van der Waals surface area contributed by atoms with Gasteiger partial charge in [-0.05, 0) is 67.8 Å². The number of fused-ring (bicyclic) bond motifs is 1. The minimum Gasteiger partial charge on any atom is -0.386 e. The summed E-state index contributed by atoms with van der Waals surface area (Å²) in [5.41, 5.74) is 3.25. The molecule has 0 aliphatic rings. The molecule has 0 spiro atoms. The van der Waals surface area contributed by atoms with Crippen molar-refractivity contribution in [2.45, 2.75) is 41.8 Å². The third-order valence-corrected chi connectivity index (χ3v) is 10.7. The van der Waals surface area contributed by atoms with E-state index in [1.54, 1.807) is 62.5 Å². The van der Waals surface area contributed by atoms with Gasteiger partial charge in [-0.15, -0.1) is 0 Å². The predicted molar refractivity (Wildman–Crippen MR) is 142 cm³/mol. The topological polar surface area (TPSA) is 114 Å². The second-order valence-corrected chi connectivity index (χ2v) is 14.2. The number of rotatable bonds is 7. The molecular formula is C27H26F2N2O5S2. The van der Waals surface area contributed by atoms with E-state index in [9.17, 15) is 30.7 Å². The highest BCUT2D eigenvalue weighted by Crippen LogP contribution is 2.38. The van der Waals surface area contributed by atoms with Gasteiger partial charge in [0.1, 0.15) is 6.10 Å². The van der Waals surface area contributed by atoms with Crippen molar-refractivity contribution in [3.05, 3.63) is 78.8 Å². The lowest BCUT2D eigenvalue weighted by atomic mass is 9.92. The largest absolute Gasteiger partial charge is 0.386 e. The van der Waals surface area contributed by atoms with Gasteiger partial charge in [-0.1, -0.05) is 24.3 Å². The van der Waals surface area contributed by atoms with Gasteiger partial charge in [0.15, 0.2) is 9.84 Å². The van der Waals surface area contributed by atoms with E-state index in [-0.39, 0.29) is 5.56 Å². The van der Waals surface area contributed by atoms with Crippen LogP contribution in [0, 0.1) is 0 Å². The molecule has 11 heteroatoms. The van der Waals surface area contributed by atoms with Crippen LogP contribution < -0.4 is 0 Å². The van der Waals surface area contributed by atoms with E-state index < -0.39 is 40.7 Å². The standard InChI is InChI=1S/C27H26F2N2O5S2/c1-17(32)27(28,29)38(35,36)23-13-21(15-30-16-23)18-7-5-8-19(11-18)24-14-22(26(2,3)37(4,33)34)12-20-9-6-10-31-25(20)24/h5-17,32H,1-4H3. The summed E-state index contributed by atoms with van der Waals surface area (Å²) in [6.45, 7) is 3.96. The van der Waals surface area contributed by atoms with Gasteiger partial charge in [0.2, 0.25) is 9.84 Å². The Labute approximate surface area is 220 Å². The molecule has 2 aromatic heterocycles. The normalized spacial score (nSPS) is 14.0. The van der Waals surface area contributed by atoms with Crippen molar-refractivity contribution in [1.29, 1.82) is 0 Å². The SMILES string of the molecule is CC(O)C(F)(F)S(=O)(=O)c1cncc(-c2cccc(-c3cc(C(C)(C)S(C)(=O)=O)cc4cccnc34)c2)c1. The summed E-state index contributed by atoms with van der Waals surface area (Å²) in [7, 11) is -8.68. The number of hydrogen-bond acceptors (Lipinski definition) is 7. The Kier molecular flexibility index (Phi) is 6.92. The molecule has 1 unspecified atom stereocenters. The Bertz CT molecular complexity index is 1750. The van der Waals surface area contributed by atoms with E-state index in [0.717, 1.165) is 17.6 Å². The molecule has 7 nitrogen and oxygen atoms in total. The van der Waals surface area contributed by atoms with Crippen LogP contribution in [0.25, 0.3) is 33.2 Å². The number of aromatic nitrogens is 2. The molecule has 0 fully saturated rings. The van der Waals surface area contributed by atoms with Gasteiger partial charge in [0, 0.05) is 41.4 Å². The maximum absolute atomic E-state index is 14.3. The van der Waals surface area contributed by atoms with E-state index in [4.69, 9.17) is 0 Å². The lowest BCUT2D eigenvalue weighted by Crippen LogP contribution is -2.39. The van der Waals surface area contributed by atoms with Crippen molar-refractivity contribution >= 4 is 30.6 Å². The lowest BCUT2D eigenvalue weighted by molar-refractivity contribution is -0.0311. The van der Waals surface area contributed by atoms with Gasteiger partial charge in [-0.25, -0.2) is 16.8 Å². The number of aliphatic hydroxyl groups is 1. The summed E-state index contributed by atoms with van der Waals surface area (Å²) in [5, 5.41) is 5.69. The highest BCUT2D eigenvalue weighted by Gasteiger charge is 2.50. The summed E-state index contributed by atoms with van der Waals surface area (Å²) in [6, 6.07) is 15.1. The van der Waals surface area contributed by atoms with Crippen LogP contribution in [-0.4, -0.2) is 49.5 Å². The van der Waals surface area contributed by atoms with E-state index in [2.05, 4.69) is 9.97 Å². The van der Waals surface area contributed by atoms with Crippen molar-refractivity contribution in [2.24, 2.45) is 0 Å². The fraction of sp³-hybridized carbons (Fsp3) is 0.259. The molecule has 1 N–H and O–H groups in total. The quantitative estimate of drug-likeness (QED) is 0.339. The van der Waals surface area contributed by atoms with Crippen LogP contribution in [0.4, 0.5) is 8.78 Å². The van der Waals surface area contributed by atoms with Crippen LogP contribution in [-0.2, 0) is 24.4 Å². The summed E-state index contributed by atoms with van der Waals surface area (Å²) < 4.78 is 77.5. The molecule has 0 amide bonds. The average Bonchev–Trinajstić information content (AvgIpc) is 2.87. The maximum atomic E-state index is 14.3. The van der Waals surface area contributed by atoms with Gasteiger partial charge < -0.3 is 5.11 Å². The molecule has 0 saturated heterocycles. The Hall–Kier alpha value is -3.28. The number of benzene rings is 2. The minimum atomic E-state index is -5.21. The molecule has 4 aromatic rings. The van der Waals surface area contributed by atoms with Gasteiger partial charge in [0.05, 0.1) is 15.2 Å². The number of nitrogens with zero attached hydrogens (tertiary/aromatic N) is 2. The number of pyridine rings is 2. The third kappa shape index (κ3) is 4.70. The number of sulfone groups is 2. The van der Waals surface area contributed by atoms with Crippen molar-refractivity contribution in [3.63, 3.8) is 0 Å². The summed E-state index contributed by atoms with van der Waals surface area (Å²) in [6.07, 6.45) is 2.54. The molecule has 4 rings (SSSR count). The van der Waals surface area contributed by atoms with Crippen molar-refractivity contribution in [3.8, 4) is 22.3 Å². The van der Waals surface area contributed by atoms with E-state index in [1.165, 1.54) is 12.5 Å². The molecule has 0 aliphatic carbocycles. The first kappa shape index (κ1) is 27.7.